The molecule has 0 bridgehead atoms. The van der Waals surface area contributed by atoms with Gasteiger partial charge in [-0.1, -0.05) is 15.9 Å². The van der Waals surface area contributed by atoms with E-state index in [4.69, 9.17) is 4.42 Å². The SMILES string of the molecule is O=c1c([N+](=O)[O-])coc2ccc(Br)cc12. The Hall–Kier alpha value is -1.69. The van der Waals surface area contributed by atoms with Crippen LogP contribution >= 0.6 is 15.9 Å². The average Bonchev–Trinajstić information content (AvgIpc) is 2.19. The fourth-order valence-electron chi connectivity index (χ4n) is 1.22. The maximum atomic E-state index is 11.6. The smallest absolute Gasteiger partial charge is 0.351 e. The highest BCUT2D eigenvalue weighted by molar-refractivity contribution is 9.10. The molecule has 1 aromatic carbocycles. The zero-order chi connectivity index (χ0) is 11.0. The van der Waals surface area contributed by atoms with Crippen LogP contribution in [0.3, 0.4) is 0 Å². The van der Waals surface area contributed by atoms with E-state index < -0.39 is 16.0 Å². The highest BCUT2D eigenvalue weighted by Gasteiger charge is 2.16. The first-order valence-corrected chi connectivity index (χ1v) is 4.74. The molecule has 0 saturated heterocycles. The minimum Gasteiger partial charge on any atom is -0.457 e. The minimum atomic E-state index is -0.758. The Bertz CT molecular complexity index is 605. The number of rotatable bonds is 1. The third-order valence-electron chi connectivity index (χ3n) is 1.91. The summed E-state index contributed by atoms with van der Waals surface area (Å²) in [5.41, 5.74) is -0.864. The van der Waals surface area contributed by atoms with E-state index in [1.165, 1.54) is 6.07 Å². The Morgan fingerprint density at radius 1 is 1.40 bits per heavy atom. The standard InChI is InChI=1S/C9H4BrNO4/c10-5-1-2-8-6(3-5)9(12)7(4-15-8)11(13)14/h1-4H. The fraction of sp³-hybridized carbons (Fsp3) is 0. The Morgan fingerprint density at radius 3 is 2.80 bits per heavy atom. The van der Waals surface area contributed by atoms with Crippen molar-refractivity contribution < 1.29 is 9.34 Å². The van der Waals surface area contributed by atoms with Crippen LogP contribution in [-0.2, 0) is 0 Å². The van der Waals surface area contributed by atoms with Crippen molar-refractivity contribution in [2.24, 2.45) is 0 Å². The highest BCUT2D eigenvalue weighted by atomic mass is 79.9. The van der Waals surface area contributed by atoms with Crippen LogP contribution in [0.15, 0.2) is 38.1 Å². The summed E-state index contributed by atoms with van der Waals surface area (Å²) in [4.78, 5) is 21.3. The molecule has 1 aromatic heterocycles. The molecular formula is C9H4BrNO4. The maximum Gasteiger partial charge on any atom is 0.351 e. The van der Waals surface area contributed by atoms with Crippen molar-refractivity contribution in [2.75, 3.05) is 0 Å². The average molecular weight is 270 g/mol. The molecule has 0 radical (unpaired) electrons. The molecule has 0 amide bonds. The van der Waals surface area contributed by atoms with E-state index in [0.717, 1.165) is 6.26 Å². The summed E-state index contributed by atoms with van der Waals surface area (Å²) in [6.07, 6.45) is 0.860. The molecule has 0 aliphatic carbocycles. The van der Waals surface area contributed by atoms with E-state index in [-0.39, 0.29) is 5.39 Å². The van der Waals surface area contributed by atoms with Crippen molar-refractivity contribution >= 4 is 32.6 Å². The van der Waals surface area contributed by atoms with Gasteiger partial charge in [0.2, 0.25) is 0 Å². The van der Waals surface area contributed by atoms with Gasteiger partial charge in [-0.05, 0) is 18.2 Å². The van der Waals surface area contributed by atoms with Crippen LogP contribution in [0.4, 0.5) is 5.69 Å². The Morgan fingerprint density at radius 2 is 2.13 bits per heavy atom. The molecule has 6 heteroatoms. The second-order valence-corrected chi connectivity index (χ2v) is 3.76. The van der Waals surface area contributed by atoms with Gasteiger partial charge in [0.1, 0.15) is 5.58 Å². The third-order valence-corrected chi connectivity index (χ3v) is 2.41. The molecule has 0 N–H and O–H groups in total. The van der Waals surface area contributed by atoms with Crippen molar-refractivity contribution in [1.82, 2.24) is 0 Å². The minimum absolute atomic E-state index is 0.193. The van der Waals surface area contributed by atoms with Crippen molar-refractivity contribution in [3.05, 3.63) is 49.3 Å². The molecule has 1 heterocycles. The first-order valence-electron chi connectivity index (χ1n) is 3.95. The fourth-order valence-corrected chi connectivity index (χ4v) is 1.58. The number of halogens is 1. The van der Waals surface area contributed by atoms with Crippen LogP contribution in [0, 0.1) is 10.1 Å². The van der Waals surface area contributed by atoms with E-state index in [1.54, 1.807) is 12.1 Å². The van der Waals surface area contributed by atoms with Gasteiger partial charge < -0.3 is 4.42 Å². The third kappa shape index (κ3) is 1.63. The van der Waals surface area contributed by atoms with Crippen molar-refractivity contribution in [3.63, 3.8) is 0 Å². The molecule has 76 valence electrons. The number of nitrogens with zero attached hydrogens (tertiary/aromatic N) is 1. The van der Waals surface area contributed by atoms with E-state index in [1.807, 2.05) is 0 Å². The lowest BCUT2D eigenvalue weighted by Crippen LogP contribution is -2.07. The lowest BCUT2D eigenvalue weighted by molar-refractivity contribution is -0.386. The molecule has 0 aliphatic rings. The maximum absolute atomic E-state index is 11.6. The van der Waals surface area contributed by atoms with Gasteiger partial charge in [0.25, 0.3) is 5.43 Å². The molecule has 5 nitrogen and oxygen atoms in total. The van der Waals surface area contributed by atoms with Crippen LogP contribution in [0.1, 0.15) is 0 Å². The topological polar surface area (TPSA) is 73.3 Å². The van der Waals surface area contributed by atoms with Crippen molar-refractivity contribution in [2.45, 2.75) is 0 Å². The van der Waals surface area contributed by atoms with Crippen LogP contribution in [0.2, 0.25) is 0 Å². The van der Waals surface area contributed by atoms with Gasteiger partial charge in [0.15, 0.2) is 6.26 Å². The molecule has 0 fully saturated rings. The molecule has 0 unspecified atom stereocenters. The molecule has 2 aromatic rings. The number of hydrogen-bond acceptors (Lipinski definition) is 4. The van der Waals surface area contributed by atoms with E-state index in [0.29, 0.717) is 10.1 Å². The number of fused-ring (bicyclic) bond motifs is 1. The summed E-state index contributed by atoms with van der Waals surface area (Å²) in [5, 5.41) is 10.7. The first kappa shape index (κ1) is 9.85. The molecule has 2 rings (SSSR count). The molecule has 0 saturated carbocycles. The van der Waals surface area contributed by atoms with E-state index >= 15 is 0 Å². The second-order valence-electron chi connectivity index (χ2n) is 2.85. The highest BCUT2D eigenvalue weighted by Crippen LogP contribution is 2.19. The van der Waals surface area contributed by atoms with Crippen LogP contribution in [0.25, 0.3) is 11.0 Å². The number of nitro groups is 1. The largest absolute Gasteiger partial charge is 0.457 e. The first-order chi connectivity index (χ1) is 7.09. The number of hydrogen-bond donors (Lipinski definition) is 0. The zero-order valence-corrected chi connectivity index (χ0v) is 8.85. The van der Waals surface area contributed by atoms with Crippen LogP contribution in [-0.4, -0.2) is 4.92 Å². The quantitative estimate of drug-likeness (QED) is 0.589. The van der Waals surface area contributed by atoms with E-state index in [2.05, 4.69) is 15.9 Å². The lowest BCUT2D eigenvalue weighted by atomic mass is 10.2. The van der Waals surface area contributed by atoms with Gasteiger partial charge in [-0.25, -0.2) is 0 Å². The molecule has 0 spiro atoms. The van der Waals surface area contributed by atoms with Gasteiger partial charge in [0, 0.05) is 4.47 Å². The Balaban J connectivity index is 2.89. The van der Waals surface area contributed by atoms with Crippen LogP contribution < -0.4 is 5.43 Å². The predicted molar refractivity (Wildman–Crippen MR) is 56.8 cm³/mol. The second kappa shape index (κ2) is 3.47. The molecule has 15 heavy (non-hydrogen) atoms. The normalized spacial score (nSPS) is 10.5. The molecule has 0 atom stereocenters. The van der Waals surface area contributed by atoms with Gasteiger partial charge in [-0.3, -0.25) is 14.9 Å². The predicted octanol–water partition coefficient (Wildman–Crippen LogP) is 2.46. The van der Waals surface area contributed by atoms with Gasteiger partial charge in [-0.2, -0.15) is 0 Å². The van der Waals surface area contributed by atoms with Gasteiger partial charge >= 0.3 is 5.69 Å². The summed E-state index contributed by atoms with van der Waals surface area (Å²) in [6.45, 7) is 0. The number of benzene rings is 1. The van der Waals surface area contributed by atoms with Crippen LogP contribution in [0.5, 0.6) is 0 Å². The summed E-state index contributed by atoms with van der Waals surface area (Å²) in [6, 6.07) is 4.76. The molecule has 0 aliphatic heterocycles. The van der Waals surface area contributed by atoms with Crippen molar-refractivity contribution in [1.29, 1.82) is 0 Å². The summed E-state index contributed by atoms with van der Waals surface area (Å²) < 4.78 is 5.65. The lowest BCUT2D eigenvalue weighted by Gasteiger charge is -1.96. The Labute approximate surface area is 91.6 Å². The van der Waals surface area contributed by atoms with E-state index in [9.17, 15) is 14.9 Å². The van der Waals surface area contributed by atoms with Gasteiger partial charge in [-0.15, -0.1) is 0 Å². The Kier molecular flexibility index (Phi) is 2.28. The summed E-state index contributed by atoms with van der Waals surface area (Å²) >= 11 is 3.18. The zero-order valence-electron chi connectivity index (χ0n) is 7.27. The van der Waals surface area contributed by atoms with Gasteiger partial charge in [0.05, 0.1) is 10.3 Å². The summed E-state index contributed by atoms with van der Waals surface area (Å²) in [5.74, 6) is 0. The summed E-state index contributed by atoms with van der Waals surface area (Å²) in [7, 11) is 0. The van der Waals surface area contributed by atoms with Crippen molar-refractivity contribution in [3.8, 4) is 0 Å². The monoisotopic (exact) mass is 269 g/mol. The molecular weight excluding hydrogens is 266 g/mol.